The Labute approximate surface area is 229 Å². The van der Waals surface area contributed by atoms with E-state index in [0.717, 1.165) is 4.31 Å². The van der Waals surface area contributed by atoms with E-state index >= 15 is 0 Å². The number of halogens is 1. The summed E-state index contributed by atoms with van der Waals surface area (Å²) in [6.07, 6.45) is 0.316. The van der Waals surface area contributed by atoms with Crippen LogP contribution >= 0.6 is 11.6 Å². The van der Waals surface area contributed by atoms with E-state index < -0.39 is 28.5 Å². The number of amides is 2. The quantitative estimate of drug-likeness (QED) is 0.354. The van der Waals surface area contributed by atoms with E-state index in [1.54, 1.807) is 80.6 Å². The highest BCUT2D eigenvalue weighted by Gasteiger charge is 2.34. The molecule has 0 aliphatic rings. The molecular weight excluding hydrogens is 526 g/mol. The van der Waals surface area contributed by atoms with Crippen LogP contribution in [0.3, 0.4) is 0 Å². The van der Waals surface area contributed by atoms with Crippen LogP contribution in [0.25, 0.3) is 0 Å². The first-order valence-electron chi connectivity index (χ1n) is 12.3. The van der Waals surface area contributed by atoms with Gasteiger partial charge in [-0.05, 0) is 49.2 Å². The summed E-state index contributed by atoms with van der Waals surface area (Å²) in [6.45, 7) is 3.35. The van der Waals surface area contributed by atoms with Gasteiger partial charge in [0.15, 0.2) is 0 Å². The minimum Gasteiger partial charge on any atom is -0.492 e. The Bertz CT molecular complexity index is 1350. The second-order valence-corrected chi connectivity index (χ2v) is 10.6. The molecule has 3 aromatic carbocycles. The zero-order valence-corrected chi connectivity index (χ0v) is 23.2. The first kappa shape index (κ1) is 29.0. The van der Waals surface area contributed by atoms with E-state index in [0.29, 0.717) is 29.4 Å². The van der Waals surface area contributed by atoms with Gasteiger partial charge in [0.25, 0.3) is 10.0 Å². The molecule has 0 saturated heterocycles. The molecular formula is C28H32ClN3O5S. The van der Waals surface area contributed by atoms with Gasteiger partial charge in [-0.25, -0.2) is 8.42 Å². The number of nitrogens with one attached hydrogen (secondary N) is 1. The second kappa shape index (κ2) is 13.3. The Morgan fingerprint density at radius 3 is 2.21 bits per heavy atom. The maximum atomic E-state index is 14.0. The number of likely N-dealkylation sites (N-methyl/N-ethyl adjacent to an activating group) is 1. The molecule has 3 aromatic rings. The van der Waals surface area contributed by atoms with Crippen LogP contribution in [0.4, 0.5) is 5.69 Å². The van der Waals surface area contributed by atoms with Gasteiger partial charge in [-0.1, -0.05) is 67.1 Å². The first-order valence-corrected chi connectivity index (χ1v) is 14.1. The van der Waals surface area contributed by atoms with E-state index in [9.17, 15) is 18.0 Å². The SMILES string of the molecule is CCOc1ccccc1N(CC(=O)N(Cc1ccccc1Cl)[C@@H](CC)C(=O)NC)S(=O)(=O)c1ccccc1. The lowest BCUT2D eigenvalue weighted by Crippen LogP contribution is -2.51. The van der Waals surface area contributed by atoms with E-state index in [1.807, 2.05) is 0 Å². The fourth-order valence-electron chi connectivity index (χ4n) is 4.07. The Hall–Kier alpha value is -3.56. The van der Waals surface area contributed by atoms with Crippen molar-refractivity contribution in [2.45, 2.75) is 37.8 Å². The molecule has 1 atom stereocenters. The topological polar surface area (TPSA) is 96.0 Å². The Morgan fingerprint density at radius 1 is 0.947 bits per heavy atom. The number of rotatable bonds is 12. The molecule has 2 amide bonds. The average molecular weight is 558 g/mol. The predicted octanol–water partition coefficient (Wildman–Crippen LogP) is 4.49. The number of nitrogens with zero attached hydrogens (tertiary/aromatic N) is 2. The van der Waals surface area contributed by atoms with Crippen LogP contribution in [-0.2, 0) is 26.2 Å². The molecule has 10 heteroatoms. The smallest absolute Gasteiger partial charge is 0.264 e. The maximum Gasteiger partial charge on any atom is 0.264 e. The first-order chi connectivity index (χ1) is 18.2. The molecule has 202 valence electrons. The van der Waals surface area contributed by atoms with Crippen molar-refractivity contribution in [2.75, 3.05) is 24.5 Å². The lowest BCUT2D eigenvalue weighted by molar-refractivity contribution is -0.140. The Balaban J connectivity index is 2.11. The van der Waals surface area contributed by atoms with Crippen LogP contribution in [0.2, 0.25) is 5.02 Å². The lowest BCUT2D eigenvalue weighted by atomic mass is 10.1. The van der Waals surface area contributed by atoms with Gasteiger partial charge >= 0.3 is 0 Å². The summed E-state index contributed by atoms with van der Waals surface area (Å²) in [5, 5.41) is 3.04. The highest BCUT2D eigenvalue weighted by molar-refractivity contribution is 7.92. The summed E-state index contributed by atoms with van der Waals surface area (Å²) in [5.41, 5.74) is 0.856. The van der Waals surface area contributed by atoms with Crippen LogP contribution < -0.4 is 14.4 Å². The maximum absolute atomic E-state index is 14.0. The summed E-state index contributed by atoms with van der Waals surface area (Å²) in [4.78, 5) is 28.1. The average Bonchev–Trinajstić information content (AvgIpc) is 2.93. The second-order valence-electron chi connectivity index (χ2n) is 8.38. The summed E-state index contributed by atoms with van der Waals surface area (Å²) in [5.74, 6) is -0.607. The van der Waals surface area contributed by atoms with E-state index in [-0.39, 0.29) is 23.0 Å². The highest BCUT2D eigenvalue weighted by Crippen LogP contribution is 2.33. The van der Waals surface area contributed by atoms with Gasteiger partial charge in [0.2, 0.25) is 11.8 Å². The highest BCUT2D eigenvalue weighted by atomic mass is 35.5. The fourth-order valence-corrected chi connectivity index (χ4v) is 5.71. The lowest BCUT2D eigenvalue weighted by Gasteiger charge is -2.33. The van der Waals surface area contributed by atoms with Crippen molar-refractivity contribution in [1.82, 2.24) is 10.2 Å². The third-order valence-corrected chi connectivity index (χ3v) is 8.12. The molecule has 0 unspecified atom stereocenters. The summed E-state index contributed by atoms with van der Waals surface area (Å²) in [7, 11) is -2.69. The molecule has 0 spiro atoms. The molecule has 0 aliphatic carbocycles. The number of ether oxygens (including phenoxy) is 1. The van der Waals surface area contributed by atoms with E-state index in [1.165, 1.54) is 24.1 Å². The fraction of sp³-hybridized carbons (Fsp3) is 0.286. The predicted molar refractivity (Wildman–Crippen MR) is 149 cm³/mol. The van der Waals surface area contributed by atoms with Gasteiger partial charge in [-0.15, -0.1) is 0 Å². The molecule has 0 bridgehead atoms. The van der Waals surface area contributed by atoms with Crippen molar-refractivity contribution in [3.05, 3.63) is 89.4 Å². The zero-order valence-electron chi connectivity index (χ0n) is 21.6. The third kappa shape index (κ3) is 6.65. The van der Waals surface area contributed by atoms with Gasteiger partial charge in [0, 0.05) is 18.6 Å². The van der Waals surface area contributed by atoms with Gasteiger partial charge < -0.3 is 15.0 Å². The number of anilines is 1. The standard InChI is InChI=1S/C28H32ClN3O5S/c1-4-24(28(34)30-3)31(19-21-13-9-10-16-23(21)29)27(33)20-32(25-17-11-12-18-26(25)37-5-2)38(35,36)22-14-7-6-8-15-22/h6-18,24H,4-5,19-20H2,1-3H3,(H,30,34)/t24-/m0/s1. The van der Waals surface area contributed by atoms with Gasteiger partial charge in [-0.2, -0.15) is 0 Å². The summed E-state index contributed by atoms with van der Waals surface area (Å²) in [6, 6.07) is 20.7. The number of para-hydroxylation sites is 2. The summed E-state index contributed by atoms with van der Waals surface area (Å²) >= 11 is 6.38. The number of sulfonamides is 1. The monoisotopic (exact) mass is 557 g/mol. The van der Waals surface area contributed by atoms with Crippen molar-refractivity contribution in [3.8, 4) is 5.75 Å². The molecule has 38 heavy (non-hydrogen) atoms. The molecule has 0 aliphatic heterocycles. The van der Waals surface area contributed by atoms with Crippen molar-refractivity contribution < 1.29 is 22.7 Å². The van der Waals surface area contributed by atoms with Gasteiger partial charge in [0.05, 0.1) is 17.2 Å². The van der Waals surface area contributed by atoms with Crippen LogP contribution in [0, 0.1) is 0 Å². The number of hydrogen-bond donors (Lipinski definition) is 1. The molecule has 0 radical (unpaired) electrons. The van der Waals surface area contributed by atoms with Crippen molar-refractivity contribution >= 4 is 39.1 Å². The van der Waals surface area contributed by atoms with E-state index in [2.05, 4.69) is 5.32 Å². The minimum absolute atomic E-state index is 0.0232. The van der Waals surface area contributed by atoms with Crippen molar-refractivity contribution in [1.29, 1.82) is 0 Å². The third-order valence-electron chi connectivity index (χ3n) is 5.97. The molecule has 0 saturated carbocycles. The molecule has 3 rings (SSSR count). The van der Waals surface area contributed by atoms with Crippen LogP contribution in [0.5, 0.6) is 5.75 Å². The Kier molecular flexibility index (Phi) is 10.2. The molecule has 0 aromatic heterocycles. The van der Waals surface area contributed by atoms with Crippen LogP contribution in [0.1, 0.15) is 25.8 Å². The molecule has 1 N–H and O–H groups in total. The van der Waals surface area contributed by atoms with Gasteiger partial charge in [0.1, 0.15) is 18.3 Å². The van der Waals surface area contributed by atoms with Crippen LogP contribution in [0.15, 0.2) is 83.8 Å². The summed E-state index contributed by atoms with van der Waals surface area (Å²) < 4.78 is 34.5. The number of carbonyl (C=O) groups excluding carboxylic acids is 2. The molecule has 0 fully saturated rings. The van der Waals surface area contributed by atoms with Gasteiger partial charge in [-0.3, -0.25) is 13.9 Å². The van der Waals surface area contributed by atoms with Crippen molar-refractivity contribution in [2.24, 2.45) is 0 Å². The normalized spacial score (nSPS) is 11.9. The number of carbonyl (C=O) groups is 2. The largest absolute Gasteiger partial charge is 0.492 e. The number of hydrogen-bond acceptors (Lipinski definition) is 5. The zero-order chi connectivity index (χ0) is 27.7. The number of benzene rings is 3. The van der Waals surface area contributed by atoms with Crippen LogP contribution in [-0.4, -0.2) is 51.4 Å². The van der Waals surface area contributed by atoms with E-state index in [4.69, 9.17) is 16.3 Å². The molecule has 8 nitrogen and oxygen atoms in total. The molecule has 0 heterocycles. The van der Waals surface area contributed by atoms with Crippen molar-refractivity contribution in [3.63, 3.8) is 0 Å². The minimum atomic E-state index is -4.18. The Morgan fingerprint density at radius 2 is 1.58 bits per heavy atom.